The molecule has 0 aromatic heterocycles. The maximum Gasteiger partial charge on any atom is 0.417 e. The number of fused-ring (bicyclic) bond motifs is 3. The largest absolute Gasteiger partial charge is 0.417 e. The number of hydrogen-bond donors (Lipinski definition) is 0. The number of benzene rings is 1. The highest BCUT2D eigenvalue weighted by molar-refractivity contribution is 6.31. The Bertz CT molecular complexity index is 564. The zero-order valence-corrected chi connectivity index (χ0v) is 13.5. The number of unbranched alkanes of at least 4 members (excludes halogenated alkanes) is 1. The summed E-state index contributed by atoms with van der Waals surface area (Å²) in [6.07, 6.45) is -1.55. The quantitative estimate of drug-likeness (QED) is 0.786. The second-order valence-electron chi connectivity index (χ2n) is 6.22. The molecule has 2 bridgehead atoms. The number of alkyl halides is 3. The molecule has 3 fully saturated rings. The van der Waals surface area contributed by atoms with Gasteiger partial charge in [-0.2, -0.15) is 13.2 Å². The molecule has 4 rings (SSSR count). The lowest BCUT2D eigenvalue weighted by atomic mass is 9.83. The van der Waals surface area contributed by atoms with Crippen LogP contribution < -0.4 is 0 Å². The maximum atomic E-state index is 13.0. The minimum Gasteiger partial charge on any atom is -0.323 e. The van der Waals surface area contributed by atoms with Gasteiger partial charge >= 0.3 is 12.1 Å². The minimum atomic E-state index is -4.54. The molecule has 128 valence electrons. The molecule has 1 aromatic carbocycles. The maximum absolute atomic E-state index is 13.0. The molecule has 0 saturated carbocycles. The fourth-order valence-electron chi connectivity index (χ4n) is 2.95. The molecule has 23 heavy (non-hydrogen) atoms. The monoisotopic (exact) mass is 350 g/mol. The number of halogens is 4. The summed E-state index contributed by atoms with van der Waals surface area (Å²) >= 11 is 5.66. The van der Waals surface area contributed by atoms with Crippen LogP contribution in [-0.4, -0.2) is 19.8 Å². The summed E-state index contributed by atoms with van der Waals surface area (Å²) < 4.78 is 56.2. The van der Waals surface area contributed by atoms with Crippen molar-refractivity contribution in [3.8, 4) is 0 Å². The van der Waals surface area contributed by atoms with E-state index in [4.69, 9.17) is 25.8 Å². The zero-order valence-electron chi connectivity index (χ0n) is 12.7. The van der Waals surface area contributed by atoms with Crippen LogP contribution in [0.4, 0.5) is 13.2 Å². The third-order valence-electron chi connectivity index (χ3n) is 4.39. The first-order valence-corrected chi connectivity index (χ1v) is 7.97. The molecule has 3 nitrogen and oxygen atoms in total. The topological polar surface area (TPSA) is 27.7 Å². The van der Waals surface area contributed by atoms with E-state index >= 15 is 0 Å². The van der Waals surface area contributed by atoms with Gasteiger partial charge < -0.3 is 14.2 Å². The van der Waals surface area contributed by atoms with Crippen LogP contribution >= 0.6 is 11.6 Å². The van der Waals surface area contributed by atoms with Crippen LogP contribution in [0.5, 0.6) is 0 Å². The molecular formula is C16H18ClF3O3. The Labute approximate surface area is 137 Å². The molecule has 0 atom stereocenters. The van der Waals surface area contributed by atoms with Gasteiger partial charge in [0.25, 0.3) is 0 Å². The fourth-order valence-corrected chi connectivity index (χ4v) is 3.17. The molecule has 0 amide bonds. The normalized spacial score (nSPS) is 30.7. The summed E-state index contributed by atoms with van der Waals surface area (Å²) in [5.41, 5.74) is -0.940. The molecule has 3 heterocycles. The van der Waals surface area contributed by atoms with E-state index in [-0.39, 0.29) is 16.0 Å². The van der Waals surface area contributed by atoms with E-state index in [1.807, 2.05) is 0 Å². The van der Waals surface area contributed by atoms with Crippen LogP contribution in [0, 0.1) is 5.41 Å². The van der Waals surface area contributed by atoms with Gasteiger partial charge in [-0.1, -0.05) is 31.4 Å². The first-order valence-electron chi connectivity index (χ1n) is 7.59. The van der Waals surface area contributed by atoms with Gasteiger partial charge in [0.15, 0.2) is 0 Å². The summed E-state index contributed by atoms with van der Waals surface area (Å²) in [5, 5.41) is -0.360. The molecule has 3 aliphatic rings. The van der Waals surface area contributed by atoms with E-state index in [1.54, 1.807) is 0 Å². The van der Waals surface area contributed by atoms with Crippen LogP contribution in [0.15, 0.2) is 18.2 Å². The van der Waals surface area contributed by atoms with Crippen LogP contribution in [0.25, 0.3) is 0 Å². The van der Waals surface area contributed by atoms with E-state index in [9.17, 15) is 13.2 Å². The Morgan fingerprint density at radius 2 is 1.74 bits per heavy atom. The Balaban J connectivity index is 1.84. The van der Waals surface area contributed by atoms with Gasteiger partial charge in [0.05, 0.1) is 30.4 Å². The average molecular weight is 351 g/mol. The Morgan fingerprint density at radius 3 is 2.26 bits per heavy atom. The SMILES string of the molecule is CCCCC12COC(c3ccc(Cl)c(C(F)(F)F)c3)(OC1)OC2. The van der Waals surface area contributed by atoms with Gasteiger partial charge in [-0.15, -0.1) is 0 Å². The molecule has 3 aliphatic heterocycles. The summed E-state index contributed by atoms with van der Waals surface area (Å²) in [6, 6.07) is 3.58. The average Bonchev–Trinajstić information content (AvgIpc) is 2.54. The van der Waals surface area contributed by atoms with Crippen LogP contribution in [-0.2, 0) is 26.4 Å². The molecule has 0 radical (unpaired) electrons. The molecule has 0 aliphatic carbocycles. The van der Waals surface area contributed by atoms with E-state index < -0.39 is 17.7 Å². The third-order valence-corrected chi connectivity index (χ3v) is 4.72. The zero-order chi connectivity index (χ0) is 16.7. The lowest BCUT2D eigenvalue weighted by molar-refractivity contribution is -0.480. The van der Waals surface area contributed by atoms with E-state index in [1.165, 1.54) is 12.1 Å². The highest BCUT2D eigenvalue weighted by Gasteiger charge is 2.53. The van der Waals surface area contributed by atoms with Gasteiger partial charge in [-0.05, 0) is 24.6 Å². The van der Waals surface area contributed by atoms with Crippen molar-refractivity contribution in [2.24, 2.45) is 5.41 Å². The van der Waals surface area contributed by atoms with E-state index in [0.29, 0.717) is 19.8 Å². The summed E-state index contributed by atoms with van der Waals surface area (Å²) in [7, 11) is 0. The van der Waals surface area contributed by atoms with E-state index in [2.05, 4.69) is 6.92 Å². The summed E-state index contributed by atoms with van der Waals surface area (Å²) in [5.74, 6) is -1.56. The second-order valence-corrected chi connectivity index (χ2v) is 6.63. The second kappa shape index (κ2) is 5.92. The van der Waals surface area contributed by atoms with Crippen molar-refractivity contribution in [3.63, 3.8) is 0 Å². The Hall–Kier alpha value is -0.820. The van der Waals surface area contributed by atoms with Gasteiger partial charge in [0.2, 0.25) is 0 Å². The van der Waals surface area contributed by atoms with Crippen LogP contribution in [0.1, 0.15) is 37.3 Å². The standard InChI is InChI=1S/C16H18ClF3O3/c1-2-3-6-14-8-21-16(22-9-14,23-10-14)11-4-5-13(17)12(7-11)15(18,19)20/h4-5,7H,2-3,6,8-10H2,1H3. The first kappa shape index (κ1) is 17.0. The minimum absolute atomic E-state index is 0.179. The molecular weight excluding hydrogens is 333 g/mol. The summed E-state index contributed by atoms with van der Waals surface area (Å²) in [6.45, 7) is 3.34. The lowest BCUT2D eigenvalue weighted by Gasteiger charge is -2.52. The van der Waals surface area contributed by atoms with Crippen molar-refractivity contribution in [3.05, 3.63) is 34.3 Å². The van der Waals surface area contributed by atoms with Crippen molar-refractivity contribution in [1.29, 1.82) is 0 Å². The molecule has 0 spiro atoms. The predicted molar refractivity (Wildman–Crippen MR) is 77.9 cm³/mol. The number of rotatable bonds is 4. The number of ether oxygens (including phenoxy) is 3. The lowest BCUT2D eigenvalue weighted by Crippen LogP contribution is -2.58. The molecule has 0 unspecified atom stereocenters. The predicted octanol–water partition coefficient (Wildman–Crippen LogP) is 4.72. The highest BCUT2D eigenvalue weighted by Crippen LogP contribution is 2.47. The van der Waals surface area contributed by atoms with Crippen molar-refractivity contribution in [1.82, 2.24) is 0 Å². The van der Waals surface area contributed by atoms with Gasteiger partial charge in [0, 0.05) is 11.0 Å². The Kier molecular flexibility index (Phi) is 4.38. The third kappa shape index (κ3) is 3.09. The summed E-state index contributed by atoms with van der Waals surface area (Å²) in [4.78, 5) is 0. The van der Waals surface area contributed by atoms with Gasteiger partial charge in [-0.3, -0.25) is 0 Å². The molecule has 7 heteroatoms. The molecule has 0 N–H and O–H groups in total. The first-order chi connectivity index (χ1) is 10.8. The van der Waals surface area contributed by atoms with Crippen molar-refractivity contribution >= 4 is 11.6 Å². The molecule has 1 aromatic rings. The van der Waals surface area contributed by atoms with Crippen LogP contribution in [0.3, 0.4) is 0 Å². The van der Waals surface area contributed by atoms with Crippen LogP contribution in [0.2, 0.25) is 5.02 Å². The van der Waals surface area contributed by atoms with Crippen molar-refractivity contribution in [2.45, 2.75) is 38.3 Å². The molecule has 3 saturated heterocycles. The van der Waals surface area contributed by atoms with Gasteiger partial charge in [0.1, 0.15) is 0 Å². The fraction of sp³-hybridized carbons (Fsp3) is 0.625. The number of hydrogen-bond acceptors (Lipinski definition) is 3. The van der Waals surface area contributed by atoms with E-state index in [0.717, 1.165) is 25.3 Å². The van der Waals surface area contributed by atoms with Crippen molar-refractivity contribution in [2.75, 3.05) is 19.8 Å². The van der Waals surface area contributed by atoms with Crippen molar-refractivity contribution < 1.29 is 27.4 Å². The highest BCUT2D eigenvalue weighted by atomic mass is 35.5. The van der Waals surface area contributed by atoms with Gasteiger partial charge in [-0.25, -0.2) is 0 Å². The Morgan fingerprint density at radius 1 is 1.13 bits per heavy atom. The smallest absolute Gasteiger partial charge is 0.323 e.